The zero-order chi connectivity index (χ0) is 25.0. The summed E-state index contributed by atoms with van der Waals surface area (Å²) in [6.45, 7) is 5.07. The van der Waals surface area contributed by atoms with E-state index in [1.807, 2.05) is 0 Å². The highest BCUT2D eigenvalue weighted by atomic mass is 32.1. The summed E-state index contributed by atoms with van der Waals surface area (Å²) in [6.07, 6.45) is 0.154. The number of thiocarbonyl (C=S) groups is 1. The van der Waals surface area contributed by atoms with Gasteiger partial charge in [-0.25, -0.2) is 4.79 Å². The van der Waals surface area contributed by atoms with Gasteiger partial charge in [0.05, 0.1) is 16.4 Å². The third-order valence-corrected chi connectivity index (χ3v) is 6.87. The lowest BCUT2D eigenvalue weighted by molar-refractivity contribution is -0.384. The fourth-order valence-electron chi connectivity index (χ4n) is 2.86. The molecule has 34 heavy (non-hydrogen) atoms. The number of anilines is 1. The Bertz CT molecular complexity index is 1310. The maximum absolute atomic E-state index is 12.7. The molecule has 2 N–H and O–H groups in total. The predicted molar refractivity (Wildman–Crippen MR) is 133 cm³/mol. The first-order valence-electron chi connectivity index (χ1n) is 9.96. The number of fused-ring (bicyclic) bond motifs is 1. The average Bonchev–Trinajstić information content (AvgIpc) is 3.34. The number of nitro benzene ring substituents is 1. The quantitative estimate of drug-likeness (QED) is 0.194. The van der Waals surface area contributed by atoms with Crippen LogP contribution in [0.2, 0.25) is 0 Å². The molecule has 0 spiro atoms. The molecule has 178 valence electrons. The molecule has 0 atom stereocenters. The van der Waals surface area contributed by atoms with Gasteiger partial charge in [-0.2, -0.15) is 0 Å². The number of carbonyl (C=O) groups excluding carboxylic acids is 3. The number of hydrogen-bond acceptors (Lipinski definition) is 10. The van der Waals surface area contributed by atoms with E-state index >= 15 is 0 Å². The molecule has 0 aliphatic carbocycles. The van der Waals surface area contributed by atoms with Crippen LogP contribution in [0.3, 0.4) is 0 Å². The number of nitrogens with zero attached hydrogens (tertiary/aromatic N) is 1. The van der Waals surface area contributed by atoms with E-state index in [9.17, 15) is 24.5 Å². The second-order valence-corrected chi connectivity index (χ2v) is 9.24. The number of nitrogens with one attached hydrogen (secondary N) is 2. The second-order valence-electron chi connectivity index (χ2n) is 6.76. The highest BCUT2D eigenvalue weighted by Crippen LogP contribution is 2.40. The first-order chi connectivity index (χ1) is 16.1. The standard InChI is InChI=1S/C21H19N3O7S3/c1-4-15(25)31-20-10(3)16(19(27)30-5-2)18(34-20)23-21(32)22-17(26)14-9-11-8-12(24(28)29)6-7-13(11)33-14/h6-9H,4-5H2,1-3H3,(H2,22,23,26,32). The van der Waals surface area contributed by atoms with E-state index in [1.54, 1.807) is 26.8 Å². The van der Waals surface area contributed by atoms with Gasteiger partial charge >= 0.3 is 11.9 Å². The van der Waals surface area contributed by atoms with E-state index in [1.165, 1.54) is 18.2 Å². The lowest BCUT2D eigenvalue weighted by Crippen LogP contribution is -2.33. The minimum Gasteiger partial charge on any atom is -0.462 e. The molecule has 3 rings (SSSR count). The molecule has 0 aliphatic heterocycles. The summed E-state index contributed by atoms with van der Waals surface area (Å²) < 4.78 is 11.1. The molecule has 0 saturated heterocycles. The van der Waals surface area contributed by atoms with Crippen LogP contribution in [0, 0.1) is 17.0 Å². The van der Waals surface area contributed by atoms with E-state index < -0.39 is 22.8 Å². The zero-order valence-electron chi connectivity index (χ0n) is 18.3. The largest absolute Gasteiger partial charge is 0.462 e. The molecule has 0 unspecified atom stereocenters. The Hall–Kier alpha value is -3.42. The SMILES string of the molecule is CCOC(=O)c1c(NC(=S)NC(=O)c2cc3cc([N+](=O)[O-])ccc3s2)sc(OC(=O)CC)c1C. The number of ether oxygens (including phenoxy) is 2. The van der Waals surface area contributed by atoms with Crippen LogP contribution in [-0.4, -0.2) is 34.5 Å². The van der Waals surface area contributed by atoms with Gasteiger partial charge in [-0.05, 0) is 38.2 Å². The van der Waals surface area contributed by atoms with Crippen LogP contribution in [0.4, 0.5) is 10.7 Å². The van der Waals surface area contributed by atoms with E-state index in [4.69, 9.17) is 21.7 Å². The topological polar surface area (TPSA) is 137 Å². The fourth-order valence-corrected chi connectivity index (χ4v) is 5.12. The molecule has 0 fully saturated rings. The van der Waals surface area contributed by atoms with Crippen LogP contribution in [0.5, 0.6) is 5.06 Å². The Morgan fingerprint density at radius 3 is 2.56 bits per heavy atom. The molecule has 0 aliphatic rings. The van der Waals surface area contributed by atoms with Gasteiger partial charge in [0, 0.05) is 34.2 Å². The number of non-ortho nitro benzene ring substituents is 1. The molecule has 3 aromatic rings. The van der Waals surface area contributed by atoms with Crippen molar-refractivity contribution in [2.75, 3.05) is 11.9 Å². The number of carbonyl (C=O) groups is 3. The van der Waals surface area contributed by atoms with Crippen LogP contribution in [0.1, 0.15) is 45.9 Å². The van der Waals surface area contributed by atoms with Gasteiger partial charge in [0.1, 0.15) is 10.6 Å². The van der Waals surface area contributed by atoms with Crippen molar-refractivity contribution < 1.29 is 28.8 Å². The number of rotatable bonds is 7. The molecule has 10 nitrogen and oxygen atoms in total. The first kappa shape index (κ1) is 25.2. The zero-order valence-corrected chi connectivity index (χ0v) is 20.7. The lowest BCUT2D eigenvalue weighted by Gasteiger charge is -2.09. The van der Waals surface area contributed by atoms with Gasteiger partial charge in [-0.3, -0.25) is 25.0 Å². The molecule has 0 bridgehead atoms. The molecular weight excluding hydrogens is 502 g/mol. The summed E-state index contributed by atoms with van der Waals surface area (Å²) in [6, 6.07) is 5.86. The summed E-state index contributed by atoms with van der Waals surface area (Å²) >= 11 is 7.38. The van der Waals surface area contributed by atoms with Crippen molar-refractivity contribution in [3.05, 3.63) is 50.4 Å². The molecule has 13 heteroatoms. The minimum atomic E-state index is -0.627. The highest BCUT2D eigenvalue weighted by Gasteiger charge is 2.25. The number of amides is 1. The average molecular weight is 522 g/mol. The molecule has 0 radical (unpaired) electrons. The Balaban J connectivity index is 1.80. The van der Waals surface area contributed by atoms with Crippen molar-refractivity contribution in [3.8, 4) is 5.06 Å². The maximum atomic E-state index is 12.7. The Labute approximate surface area is 207 Å². The molecule has 1 aromatic carbocycles. The van der Waals surface area contributed by atoms with Crippen molar-refractivity contribution in [2.45, 2.75) is 27.2 Å². The minimum absolute atomic E-state index is 0.0754. The summed E-state index contributed by atoms with van der Waals surface area (Å²) in [4.78, 5) is 47.7. The van der Waals surface area contributed by atoms with Gasteiger partial charge in [-0.1, -0.05) is 18.3 Å². The lowest BCUT2D eigenvalue weighted by atomic mass is 10.2. The van der Waals surface area contributed by atoms with Crippen molar-refractivity contribution in [2.24, 2.45) is 0 Å². The number of hydrogen-bond donors (Lipinski definition) is 2. The predicted octanol–water partition coefficient (Wildman–Crippen LogP) is 4.80. The van der Waals surface area contributed by atoms with Gasteiger partial charge in [-0.15, -0.1) is 11.3 Å². The number of benzene rings is 1. The Morgan fingerprint density at radius 1 is 1.18 bits per heavy atom. The number of nitro groups is 1. The van der Waals surface area contributed by atoms with E-state index in [0.717, 1.165) is 22.7 Å². The monoisotopic (exact) mass is 521 g/mol. The van der Waals surface area contributed by atoms with Crippen LogP contribution in [0.15, 0.2) is 24.3 Å². The van der Waals surface area contributed by atoms with Crippen molar-refractivity contribution in [1.29, 1.82) is 0 Å². The second kappa shape index (κ2) is 10.7. The van der Waals surface area contributed by atoms with Crippen LogP contribution < -0.4 is 15.4 Å². The third-order valence-electron chi connectivity index (χ3n) is 4.47. The van der Waals surface area contributed by atoms with Crippen molar-refractivity contribution in [1.82, 2.24) is 5.32 Å². The Morgan fingerprint density at radius 2 is 1.91 bits per heavy atom. The number of thiophene rings is 2. The summed E-state index contributed by atoms with van der Waals surface area (Å²) in [5.74, 6) is -1.62. The van der Waals surface area contributed by atoms with Crippen molar-refractivity contribution in [3.63, 3.8) is 0 Å². The summed E-state index contributed by atoms with van der Waals surface area (Å²) in [5, 5.41) is 17.2. The fraction of sp³-hybridized carbons (Fsp3) is 0.238. The van der Waals surface area contributed by atoms with Crippen LogP contribution in [-0.2, 0) is 9.53 Å². The van der Waals surface area contributed by atoms with Gasteiger partial charge in [0.25, 0.3) is 11.6 Å². The normalized spacial score (nSPS) is 10.6. The first-order valence-corrected chi connectivity index (χ1v) is 12.0. The van der Waals surface area contributed by atoms with E-state index in [2.05, 4.69) is 10.6 Å². The van der Waals surface area contributed by atoms with E-state index in [0.29, 0.717) is 20.5 Å². The summed E-state index contributed by atoms with van der Waals surface area (Å²) in [5.41, 5.74) is 0.484. The van der Waals surface area contributed by atoms with Crippen LogP contribution in [0.25, 0.3) is 10.1 Å². The smallest absolute Gasteiger partial charge is 0.341 e. The van der Waals surface area contributed by atoms with Crippen LogP contribution >= 0.6 is 34.9 Å². The van der Waals surface area contributed by atoms with E-state index in [-0.39, 0.29) is 39.5 Å². The molecule has 1 amide bonds. The van der Waals surface area contributed by atoms with Crippen molar-refractivity contribution >= 4 is 78.6 Å². The maximum Gasteiger partial charge on any atom is 0.341 e. The molecular formula is C21H19N3O7S3. The highest BCUT2D eigenvalue weighted by molar-refractivity contribution is 7.80. The number of esters is 2. The third kappa shape index (κ3) is 5.55. The Kier molecular flexibility index (Phi) is 7.91. The van der Waals surface area contributed by atoms with Gasteiger partial charge in [0.15, 0.2) is 10.2 Å². The molecule has 0 saturated carbocycles. The summed E-state index contributed by atoms with van der Waals surface area (Å²) in [7, 11) is 0. The van der Waals surface area contributed by atoms with Gasteiger partial charge in [0.2, 0.25) is 0 Å². The molecule has 2 aromatic heterocycles. The molecule has 2 heterocycles. The van der Waals surface area contributed by atoms with Gasteiger partial charge < -0.3 is 14.8 Å².